The maximum absolute atomic E-state index is 5.55. The molecule has 4 aromatic rings. The summed E-state index contributed by atoms with van der Waals surface area (Å²) in [5.74, 6) is 1.93. The van der Waals surface area contributed by atoms with E-state index in [2.05, 4.69) is 32.0 Å². The number of nitrogens with one attached hydrogen (secondary N) is 1. The van der Waals surface area contributed by atoms with E-state index in [0.29, 0.717) is 24.9 Å². The average Bonchev–Trinajstić information content (AvgIpc) is 3.34. The van der Waals surface area contributed by atoms with Gasteiger partial charge in [0.05, 0.1) is 19.3 Å². The number of nitrogens with two attached hydrogens (primary N) is 1. The van der Waals surface area contributed by atoms with Gasteiger partial charge >= 0.3 is 6.01 Å². The van der Waals surface area contributed by atoms with Crippen LogP contribution in [0.25, 0.3) is 33.7 Å². The number of benzene rings is 1. The number of morpholine rings is 1. The van der Waals surface area contributed by atoms with Crippen molar-refractivity contribution in [2.24, 2.45) is 0 Å². The highest BCUT2D eigenvalue weighted by molar-refractivity contribution is 5.96. The zero-order valence-electron chi connectivity index (χ0n) is 15.3. The molecule has 1 aliphatic rings. The van der Waals surface area contributed by atoms with Gasteiger partial charge < -0.3 is 24.8 Å². The smallest absolute Gasteiger partial charge is 0.313 e. The third-order valence-corrected chi connectivity index (χ3v) is 4.91. The number of H-pyrrole nitrogens is 1. The Kier molecular flexibility index (Phi) is 3.94. The van der Waals surface area contributed by atoms with Gasteiger partial charge in [0.1, 0.15) is 5.82 Å². The average molecular weight is 377 g/mol. The molecule has 0 spiro atoms. The van der Waals surface area contributed by atoms with Gasteiger partial charge in [-0.2, -0.15) is 0 Å². The van der Waals surface area contributed by atoms with Crippen molar-refractivity contribution in [3.8, 4) is 22.8 Å². The molecule has 1 aromatic carbocycles. The third kappa shape index (κ3) is 2.85. The molecule has 0 aliphatic carbocycles. The molecule has 1 unspecified atom stereocenters. The van der Waals surface area contributed by atoms with Crippen LogP contribution in [0.2, 0.25) is 0 Å². The lowest BCUT2D eigenvalue weighted by molar-refractivity contribution is 0.0985. The van der Waals surface area contributed by atoms with Crippen LogP contribution < -0.4 is 10.6 Å². The quantitative estimate of drug-likeness (QED) is 0.559. The molecule has 1 atom stereocenters. The van der Waals surface area contributed by atoms with E-state index in [1.165, 1.54) is 0 Å². The lowest BCUT2D eigenvalue weighted by atomic mass is 10.1. The van der Waals surface area contributed by atoms with Crippen molar-refractivity contribution in [3.05, 3.63) is 36.7 Å². The van der Waals surface area contributed by atoms with Crippen LogP contribution in [0.4, 0.5) is 11.8 Å². The second kappa shape index (κ2) is 6.61. The molecule has 5 rings (SSSR count). The molecule has 0 bridgehead atoms. The first-order valence-corrected chi connectivity index (χ1v) is 9.07. The highest BCUT2D eigenvalue weighted by Gasteiger charge is 2.21. The highest BCUT2D eigenvalue weighted by Crippen LogP contribution is 2.31. The van der Waals surface area contributed by atoms with Crippen LogP contribution in [-0.2, 0) is 4.74 Å². The molecule has 0 saturated carbocycles. The zero-order chi connectivity index (χ0) is 19.1. The summed E-state index contributed by atoms with van der Waals surface area (Å²) in [5.41, 5.74) is 8.22. The summed E-state index contributed by atoms with van der Waals surface area (Å²) < 4.78 is 10.9. The number of hydrogen-bond acceptors (Lipinski definition) is 8. The normalized spacial score (nSPS) is 17.3. The van der Waals surface area contributed by atoms with Crippen molar-refractivity contribution in [1.29, 1.82) is 0 Å². The minimum atomic E-state index is 0.0417. The molecule has 1 aliphatic heterocycles. The first kappa shape index (κ1) is 16.7. The molecular formula is C19H19N7O2. The minimum absolute atomic E-state index is 0.0417. The summed E-state index contributed by atoms with van der Waals surface area (Å²) in [4.78, 5) is 14.8. The van der Waals surface area contributed by atoms with Crippen LogP contribution >= 0.6 is 0 Å². The van der Waals surface area contributed by atoms with Crippen molar-refractivity contribution >= 4 is 22.7 Å². The number of ether oxygens (including phenoxy) is 1. The van der Waals surface area contributed by atoms with E-state index in [9.17, 15) is 0 Å². The summed E-state index contributed by atoms with van der Waals surface area (Å²) in [5, 5.41) is 8.66. The number of fused-ring (bicyclic) bond motifs is 1. The van der Waals surface area contributed by atoms with Crippen molar-refractivity contribution in [2.75, 3.05) is 30.4 Å². The molecule has 28 heavy (non-hydrogen) atoms. The number of anilines is 2. The number of rotatable bonds is 3. The largest absolute Gasteiger partial charge is 0.404 e. The minimum Gasteiger partial charge on any atom is -0.404 e. The van der Waals surface area contributed by atoms with Crippen LogP contribution in [0.1, 0.15) is 6.92 Å². The summed E-state index contributed by atoms with van der Waals surface area (Å²) in [6.07, 6.45) is 3.71. The van der Waals surface area contributed by atoms with Crippen molar-refractivity contribution in [2.45, 2.75) is 13.0 Å². The fraction of sp³-hybridized carbons (Fsp3) is 0.263. The highest BCUT2D eigenvalue weighted by atomic mass is 16.5. The number of aromatic nitrogens is 5. The van der Waals surface area contributed by atoms with Gasteiger partial charge in [-0.1, -0.05) is 5.10 Å². The van der Waals surface area contributed by atoms with Gasteiger partial charge in [-0.15, -0.1) is 5.10 Å². The second-order valence-electron chi connectivity index (χ2n) is 6.76. The summed E-state index contributed by atoms with van der Waals surface area (Å²) in [6.45, 7) is 4.35. The monoisotopic (exact) mass is 377 g/mol. The number of nitrogen functional groups attached to an aromatic ring is 1. The Morgan fingerprint density at radius 3 is 3.00 bits per heavy atom. The number of hydrogen-bond donors (Lipinski definition) is 2. The molecule has 3 aromatic heterocycles. The second-order valence-corrected chi connectivity index (χ2v) is 6.76. The van der Waals surface area contributed by atoms with E-state index < -0.39 is 0 Å². The Bertz CT molecular complexity index is 1140. The van der Waals surface area contributed by atoms with Gasteiger partial charge in [-0.3, -0.25) is 0 Å². The van der Waals surface area contributed by atoms with Crippen molar-refractivity contribution in [3.63, 3.8) is 0 Å². The molecule has 1 saturated heterocycles. The van der Waals surface area contributed by atoms with E-state index in [1.54, 1.807) is 6.20 Å². The van der Waals surface area contributed by atoms with Gasteiger partial charge in [0.2, 0.25) is 5.89 Å². The van der Waals surface area contributed by atoms with E-state index in [1.807, 2.05) is 30.5 Å². The number of nitrogens with zero attached hydrogens (tertiary/aromatic N) is 5. The summed E-state index contributed by atoms with van der Waals surface area (Å²) in [6, 6.07) is 8.09. The summed E-state index contributed by atoms with van der Waals surface area (Å²) in [7, 11) is 0. The zero-order valence-corrected chi connectivity index (χ0v) is 15.3. The maximum atomic E-state index is 5.55. The maximum Gasteiger partial charge on any atom is 0.313 e. The van der Waals surface area contributed by atoms with Crippen molar-refractivity contribution < 1.29 is 9.15 Å². The van der Waals surface area contributed by atoms with Gasteiger partial charge in [0.15, 0.2) is 5.82 Å². The first-order chi connectivity index (χ1) is 13.7. The van der Waals surface area contributed by atoms with Gasteiger partial charge in [-0.05, 0) is 31.2 Å². The topological polar surface area (TPSA) is 119 Å². The Morgan fingerprint density at radius 2 is 2.18 bits per heavy atom. The van der Waals surface area contributed by atoms with Crippen molar-refractivity contribution in [1.82, 2.24) is 25.1 Å². The molecule has 0 amide bonds. The SMILES string of the molecule is CC1COCCN1c1ccnc(-c2c[nH]c3ccc(-c4nnc(N)o4)cc23)n1. The molecular weight excluding hydrogens is 358 g/mol. The lowest BCUT2D eigenvalue weighted by Crippen LogP contribution is -2.44. The predicted octanol–water partition coefficient (Wildman–Crippen LogP) is 2.48. The van der Waals surface area contributed by atoms with Crippen LogP contribution in [0.15, 0.2) is 41.1 Å². The standard InChI is InChI=1S/C19H19N7O2/c1-11-10-27-7-6-26(11)16-4-5-21-17(23-16)14-9-22-15-3-2-12(8-13(14)15)18-24-25-19(20)28-18/h2-5,8-9,11,22H,6-7,10H2,1H3,(H2,20,25). The van der Waals surface area contributed by atoms with Crippen LogP contribution in [0.5, 0.6) is 0 Å². The molecule has 142 valence electrons. The molecule has 4 heterocycles. The van der Waals surface area contributed by atoms with E-state index >= 15 is 0 Å². The predicted molar refractivity (Wildman–Crippen MR) is 105 cm³/mol. The molecule has 1 fully saturated rings. The number of aromatic amines is 1. The first-order valence-electron chi connectivity index (χ1n) is 9.07. The third-order valence-electron chi connectivity index (χ3n) is 4.91. The fourth-order valence-electron chi connectivity index (χ4n) is 3.50. The van der Waals surface area contributed by atoms with Crippen LogP contribution in [0.3, 0.4) is 0 Å². The van der Waals surface area contributed by atoms with Gasteiger partial charge in [0.25, 0.3) is 0 Å². The lowest BCUT2D eigenvalue weighted by Gasteiger charge is -2.34. The summed E-state index contributed by atoms with van der Waals surface area (Å²) >= 11 is 0. The van der Waals surface area contributed by atoms with Crippen LogP contribution in [-0.4, -0.2) is 50.9 Å². The molecule has 0 radical (unpaired) electrons. The molecule has 3 N–H and O–H groups in total. The van der Waals surface area contributed by atoms with Crippen LogP contribution in [0, 0.1) is 0 Å². The van der Waals surface area contributed by atoms with E-state index in [4.69, 9.17) is 19.9 Å². The Labute approximate surface area is 160 Å². The Hall–Kier alpha value is -3.46. The Balaban J connectivity index is 1.56. The van der Waals surface area contributed by atoms with Gasteiger partial charge in [-0.25, -0.2) is 9.97 Å². The fourth-order valence-corrected chi connectivity index (χ4v) is 3.50. The Morgan fingerprint density at radius 1 is 1.25 bits per heavy atom. The molecule has 9 heteroatoms. The molecule has 9 nitrogen and oxygen atoms in total. The van der Waals surface area contributed by atoms with Gasteiger partial charge in [0, 0.05) is 41.0 Å². The van der Waals surface area contributed by atoms with E-state index in [-0.39, 0.29) is 12.1 Å². The van der Waals surface area contributed by atoms with E-state index in [0.717, 1.165) is 34.4 Å².